The number of fused-ring (bicyclic) bond motifs is 1. The number of rotatable bonds is 2. The van der Waals surface area contributed by atoms with Gasteiger partial charge in [0.25, 0.3) is 5.91 Å². The number of amides is 1. The molecule has 0 saturated carbocycles. The summed E-state index contributed by atoms with van der Waals surface area (Å²) in [6.07, 6.45) is 2.01. The molecule has 1 N–H and O–H groups in total. The van der Waals surface area contributed by atoms with Crippen molar-refractivity contribution in [2.75, 3.05) is 14.1 Å². The van der Waals surface area contributed by atoms with Gasteiger partial charge < -0.3 is 9.88 Å². The molecule has 0 bridgehead atoms. The molecular formula is C15H18N2O. The minimum absolute atomic E-state index is 0.0277. The summed E-state index contributed by atoms with van der Waals surface area (Å²) < 4.78 is 0. The number of nitrogens with one attached hydrogen (secondary N) is 1. The van der Waals surface area contributed by atoms with E-state index in [1.54, 1.807) is 19.0 Å². The number of aromatic nitrogens is 1. The largest absolute Gasteiger partial charge is 0.354 e. The lowest BCUT2D eigenvalue weighted by Crippen LogP contribution is -2.22. The number of hydrogen-bond acceptors (Lipinski definition) is 1. The maximum atomic E-state index is 12.3. The van der Waals surface area contributed by atoms with E-state index in [2.05, 4.69) is 4.98 Å². The number of nitrogens with zero attached hydrogens (tertiary/aromatic N) is 1. The molecule has 0 radical (unpaired) electrons. The fourth-order valence-corrected chi connectivity index (χ4v) is 2.01. The van der Waals surface area contributed by atoms with Gasteiger partial charge in [-0.25, -0.2) is 0 Å². The molecule has 0 aliphatic heterocycles. The van der Waals surface area contributed by atoms with Crippen molar-refractivity contribution in [1.82, 2.24) is 9.88 Å². The van der Waals surface area contributed by atoms with Crippen LogP contribution < -0.4 is 0 Å². The van der Waals surface area contributed by atoms with Gasteiger partial charge in [-0.15, -0.1) is 0 Å². The van der Waals surface area contributed by atoms with Gasteiger partial charge in [0, 0.05) is 25.0 Å². The first-order valence-electron chi connectivity index (χ1n) is 5.98. The highest BCUT2D eigenvalue weighted by Gasteiger charge is 2.18. The predicted molar refractivity (Wildman–Crippen MR) is 75.6 cm³/mol. The highest BCUT2D eigenvalue weighted by molar-refractivity contribution is 6.09. The van der Waals surface area contributed by atoms with Crippen LogP contribution >= 0.6 is 0 Å². The van der Waals surface area contributed by atoms with E-state index in [9.17, 15) is 4.79 Å². The Labute approximate surface area is 107 Å². The molecule has 3 heteroatoms. The molecule has 0 aliphatic carbocycles. The minimum atomic E-state index is 0.0277. The van der Waals surface area contributed by atoms with Crippen molar-refractivity contribution < 1.29 is 4.79 Å². The van der Waals surface area contributed by atoms with E-state index in [1.807, 2.05) is 44.2 Å². The summed E-state index contributed by atoms with van der Waals surface area (Å²) in [7, 11) is 3.55. The number of aromatic amines is 1. The highest BCUT2D eigenvalue weighted by atomic mass is 16.2. The molecule has 94 valence electrons. The second-order valence-electron chi connectivity index (χ2n) is 4.88. The van der Waals surface area contributed by atoms with Crippen LogP contribution in [0.15, 0.2) is 29.8 Å². The first-order valence-corrected chi connectivity index (χ1v) is 5.98. The van der Waals surface area contributed by atoms with Crippen LogP contribution in [0.5, 0.6) is 0 Å². The maximum Gasteiger partial charge on any atom is 0.256 e. The first-order chi connectivity index (χ1) is 8.50. The summed E-state index contributed by atoms with van der Waals surface area (Å²) in [4.78, 5) is 17.2. The van der Waals surface area contributed by atoms with Crippen LogP contribution in [0.2, 0.25) is 0 Å². The molecule has 2 rings (SSSR count). The lowest BCUT2D eigenvalue weighted by Gasteiger charge is -2.10. The van der Waals surface area contributed by atoms with E-state index < -0.39 is 0 Å². The Hall–Kier alpha value is -2.03. The number of H-pyrrole nitrogens is 1. The zero-order valence-corrected chi connectivity index (χ0v) is 11.2. The second kappa shape index (κ2) is 4.69. The molecule has 1 aromatic heterocycles. The van der Waals surface area contributed by atoms with Crippen molar-refractivity contribution in [3.05, 3.63) is 41.1 Å². The third-order valence-corrected chi connectivity index (χ3v) is 2.79. The number of carbonyl (C=O) groups excluding carboxylic acids is 1. The SMILES string of the molecule is CC(C)=Cc1[nH]c2ccccc2c1C(=O)N(C)C. The van der Waals surface area contributed by atoms with Crippen LogP contribution in [0, 0.1) is 0 Å². The molecular weight excluding hydrogens is 224 g/mol. The van der Waals surface area contributed by atoms with Crippen LogP contribution in [0.3, 0.4) is 0 Å². The number of carbonyl (C=O) groups is 1. The fourth-order valence-electron chi connectivity index (χ4n) is 2.01. The van der Waals surface area contributed by atoms with Crippen molar-refractivity contribution in [2.24, 2.45) is 0 Å². The Morgan fingerprint density at radius 3 is 2.50 bits per heavy atom. The van der Waals surface area contributed by atoms with Crippen LogP contribution in [0.1, 0.15) is 29.9 Å². The summed E-state index contributed by atoms with van der Waals surface area (Å²) in [5.74, 6) is 0.0277. The van der Waals surface area contributed by atoms with Gasteiger partial charge in [-0.05, 0) is 26.0 Å². The third kappa shape index (κ3) is 2.16. The molecule has 0 saturated heterocycles. The van der Waals surface area contributed by atoms with E-state index in [0.717, 1.165) is 27.7 Å². The number of hydrogen-bond donors (Lipinski definition) is 1. The van der Waals surface area contributed by atoms with E-state index in [1.165, 1.54) is 0 Å². The zero-order valence-electron chi connectivity index (χ0n) is 11.2. The summed E-state index contributed by atoms with van der Waals surface area (Å²) in [6, 6.07) is 7.89. The normalized spacial score (nSPS) is 10.4. The number of allylic oxidation sites excluding steroid dienone is 1. The molecule has 1 heterocycles. The Balaban J connectivity index is 2.73. The van der Waals surface area contributed by atoms with Crippen molar-refractivity contribution in [3.63, 3.8) is 0 Å². The standard InChI is InChI=1S/C15H18N2O/c1-10(2)9-13-14(15(18)17(3)4)11-7-5-6-8-12(11)16-13/h5-9,16H,1-4H3. The van der Waals surface area contributed by atoms with E-state index in [0.29, 0.717) is 0 Å². The van der Waals surface area contributed by atoms with Crippen molar-refractivity contribution in [3.8, 4) is 0 Å². The summed E-state index contributed by atoms with van der Waals surface area (Å²) in [6.45, 7) is 4.05. The second-order valence-corrected chi connectivity index (χ2v) is 4.88. The monoisotopic (exact) mass is 242 g/mol. The van der Waals surface area contributed by atoms with Crippen LogP contribution in [0.4, 0.5) is 0 Å². The fraction of sp³-hybridized carbons (Fsp3) is 0.267. The summed E-state index contributed by atoms with van der Waals surface area (Å²) in [5, 5.41) is 0.976. The highest BCUT2D eigenvalue weighted by Crippen LogP contribution is 2.25. The molecule has 0 aliphatic rings. The molecule has 0 unspecified atom stereocenters. The van der Waals surface area contributed by atoms with Gasteiger partial charge in [0.15, 0.2) is 0 Å². The first kappa shape index (κ1) is 12.4. The lowest BCUT2D eigenvalue weighted by molar-refractivity contribution is 0.0829. The smallest absolute Gasteiger partial charge is 0.256 e. The van der Waals surface area contributed by atoms with E-state index in [-0.39, 0.29) is 5.91 Å². The average Bonchev–Trinajstić information content (AvgIpc) is 2.64. The van der Waals surface area contributed by atoms with Gasteiger partial charge >= 0.3 is 0 Å². The van der Waals surface area contributed by atoms with E-state index in [4.69, 9.17) is 0 Å². The lowest BCUT2D eigenvalue weighted by atomic mass is 10.1. The summed E-state index contributed by atoms with van der Waals surface area (Å²) in [5.41, 5.74) is 3.79. The van der Waals surface area contributed by atoms with Gasteiger partial charge in [0.05, 0.1) is 11.3 Å². The predicted octanol–water partition coefficient (Wildman–Crippen LogP) is 3.29. The van der Waals surface area contributed by atoms with E-state index >= 15 is 0 Å². The zero-order chi connectivity index (χ0) is 13.3. The summed E-state index contributed by atoms with van der Waals surface area (Å²) >= 11 is 0. The minimum Gasteiger partial charge on any atom is -0.354 e. The maximum absolute atomic E-state index is 12.3. The molecule has 18 heavy (non-hydrogen) atoms. The number of benzene rings is 1. The Kier molecular flexibility index (Phi) is 3.24. The topological polar surface area (TPSA) is 36.1 Å². The average molecular weight is 242 g/mol. The van der Waals surface area contributed by atoms with Crippen molar-refractivity contribution >= 4 is 22.9 Å². The molecule has 0 atom stereocenters. The molecule has 0 fully saturated rings. The third-order valence-electron chi connectivity index (χ3n) is 2.79. The quantitative estimate of drug-likeness (QED) is 0.861. The van der Waals surface area contributed by atoms with Crippen LogP contribution in [-0.2, 0) is 0 Å². The molecule has 1 amide bonds. The Bertz CT molecular complexity index is 616. The van der Waals surface area contributed by atoms with Crippen molar-refractivity contribution in [2.45, 2.75) is 13.8 Å². The van der Waals surface area contributed by atoms with Gasteiger partial charge in [-0.1, -0.05) is 23.8 Å². The Morgan fingerprint density at radius 2 is 1.89 bits per heavy atom. The van der Waals surface area contributed by atoms with Gasteiger partial charge in [0.2, 0.25) is 0 Å². The molecule has 0 spiro atoms. The molecule has 2 aromatic rings. The van der Waals surface area contributed by atoms with Crippen molar-refractivity contribution in [1.29, 1.82) is 0 Å². The van der Waals surface area contributed by atoms with Gasteiger partial charge in [-0.3, -0.25) is 4.79 Å². The van der Waals surface area contributed by atoms with Crippen LogP contribution in [0.25, 0.3) is 17.0 Å². The van der Waals surface area contributed by atoms with Crippen LogP contribution in [-0.4, -0.2) is 29.9 Å². The molecule has 3 nitrogen and oxygen atoms in total. The van der Waals surface area contributed by atoms with Gasteiger partial charge in [-0.2, -0.15) is 0 Å². The van der Waals surface area contributed by atoms with Gasteiger partial charge in [0.1, 0.15) is 0 Å². The number of para-hydroxylation sites is 1. The molecule has 1 aromatic carbocycles. The Morgan fingerprint density at radius 1 is 1.22 bits per heavy atom.